The second-order valence-corrected chi connectivity index (χ2v) is 7.13. The highest BCUT2D eigenvalue weighted by molar-refractivity contribution is 7.88. The molecule has 1 saturated heterocycles. The van der Waals surface area contributed by atoms with Crippen molar-refractivity contribution in [3.63, 3.8) is 0 Å². The zero-order valence-corrected chi connectivity index (χ0v) is 12.5. The Morgan fingerprint density at radius 2 is 2.22 bits per heavy atom. The van der Waals surface area contributed by atoms with E-state index < -0.39 is 10.0 Å². The SMILES string of the molecule is CNC(CCC1CCCN(S(C)(=O)=O)C1)COC. The van der Waals surface area contributed by atoms with Crippen molar-refractivity contribution in [2.24, 2.45) is 5.92 Å². The van der Waals surface area contributed by atoms with Crippen molar-refractivity contribution >= 4 is 10.0 Å². The first-order valence-electron chi connectivity index (χ1n) is 6.58. The summed E-state index contributed by atoms with van der Waals surface area (Å²) in [6.07, 6.45) is 5.51. The lowest BCUT2D eigenvalue weighted by Gasteiger charge is -2.31. The van der Waals surface area contributed by atoms with E-state index in [1.54, 1.807) is 11.4 Å². The Kier molecular flexibility index (Phi) is 6.55. The molecule has 0 bridgehead atoms. The molecule has 0 saturated carbocycles. The fourth-order valence-corrected chi connectivity index (χ4v) is 3.46. The van der Waals surface area contributed by atoms with Gasteiger partial charge in [-0.1, -0.05) is 0 Å². The van der Waals surface area contributed by atoms with Gasteiger partial charge in [-0.25, -0.2) is 12.7 Å². The molecule has 0 aromatic rings. The maximum atomic E-state index is 11.5. The van der Waals surface area contributed by atoms with Crippen LogP contribution in [0.3, 0.4) is 0 Å². The number of methoxy groups -OCH3 is 1. The van der Waals surface area contributed by atoms with E-state index in [0.717, 1.165) is 25.7 Å². The number of rotatable bonds is 7. The average molecular weight is 278 g/mol. The van der Waals surface area contributed by atoms with E-state index in [-0.39, 0.29) is 0 Å². The number of sulfonamides is 1. The van der Waals surface area contributed by atoms with Gasteiger partial charge in [0, 0.05) is 26.2 Å². The minimum absolute atomic E-state index is 0.364. The van der Waals surface area contributed by atoms with Crippen LogP contribution in [0.25, 0.3) is 0 Å². The average Bonchev–Trinajstić information content (AvgIpc) is 2.34. The van der Waals surface area contributed by atoms with Crippen LogP contribution in [0.1, 0.15) is 25.7 Å². The Balaban J connectivity index is 2.38. The van der Waals surface area contributed by atoms with Crippen molar-refractivity contribution in [2.45, 2.75) is 31.7 Å². The number of likely N-dealkylation sites (N-methyl/N-ethyl adjacent to an activating group) is 1. The normalized spacial score (nSPS) is 24.1. The number of nitrogens with zero attached hydrogens (tertiary/aromatic N) is 1. The molecule has 1 rings (SSSR count). The molecule has 1 N–H and O–H groups in total. The molecule has 0 radical (unpaired) electrons. The summed E-state index contributed by atoms with van der Waals surface area (Å²) in [6, 6.07) is 0.364. The fraction of sp³-hybridized carbons (Fsp3) is 1.00. The van der Waals surface area contributed by atoms with Crippen molar-refractivity contribution in [3.8, 4) is 0 Å². The van der Waals surface area contributed by atoms with Crippen molar-refractivity contribution < 1.29 is 13.2 Å². The van der Waals surface area contributed by atoms with Crippen LogP contribution < -0.4 is 5.32 Å². The van der Waals surface area contributed by atoms with Crippen LogP contribution in [0.2, 0.25) is 0 Å². The fourth-order valence-electron chi connectivity index (χ4n) is 2.51. The van der Waals surface area contributed by atoms with Crippen LogP contribution in [0, 0.1) is 5.92 Å². The van der Waals surface area contributed by atoms with Gasteiger partial charge in [-0.2, -0.15) is 0 Å². The number of piperidine rings is 1. The van der Waals surface area contributed by atoms with E-state index in [0.29, 0.717) is 31.7 Å². The van der Waals surface area contributed by atoms with Crippen LogP contribution in [0.4, 0.5) is 0 Å². The monoisotopic (exact) mass is 278 g/mol. The summed E-state index contributed by atoms with van der Waals surface area (Å²) >= 11 is 0. The molecular formula is C12H26N2O3S. The molecular weight excluding hydrogens is 252 g/mol. The predicted octanol–water partition coefficient (Wildman–Crippen LogP) is 0.673. The third kappa shape index (κ3) is 5.22. The molecule has 18 heavy (non-hydrogen) atoms. The van der Waals surface area contributed by atoms with Crippen LogP contribution in [0.5, 0.6) is 0 Å². The lowest BCUT2D eigenvalue weighted by atomic mass is 9.93. The van der Waals surface area contributed by atoms with E-state index in [1.165, 1.54) is 6.26 Å². The van der Waals surface area contributed by atoms with Crippen LogP contribution in [0.15, 0.2) is 0 Å². The maximum absolute atomic E-state index is 11.5. The Morgan fingerprint density at radius 3 is 2.78 bits per heavy atom. The number of hydrogen-bond donors (Lipinski definition) is 1. The van der Waals surface area contributed by atoms with Crippen molar-refractivity contribution in [2.75, 3.05) is 40.1 Å². The van der Waals surface area contributed by atoms with Gasteiger partial charge in [-0.05, 0) is 38.6 Å². The lowest BCUT2D eigenvalue weighted by Crippen LogP contribution is -2.40. The first-order chi connectivity index (χ1) is 8.47. The van der Waals surface area contributed by atoms with E-state index in [1.807, 2.05) is 7.05 Å². The highest BCUT2D eigenvalue weighted by Crippen LogP contribution is 2.23. The van der Waals surface area contributed by atoms with Gasteiger partial charge in [-0.15, -0.1) is 0 Å². The molecule has 2 atom stereocenters. The van der Waals surface area contributed by atoms with Gasteiger partial charge in [0.2, 0.25) is 10.0 Å². The maximum Gasteiger partial charge on any atom is 0.211 e. The van der Waals surface area contributed by atoms with Gasteiger partial charge in [0.1, 0.15) is 0 Å². The standard InChI is InChI=1S/C12H26N2O3S/c1-13-12(10-17-2)7-6-11-5-4-8-14(9-11)18(3,15)16/h11-13H,4-10H2,1-3H3. The third-order valence-electron chi connectivity index (χ3n) is 3.65. The smallest absolute Gasteiger partial charge is 0.211 e. The van der Waals surface area contributed by atoms with Crippen molar-refractivity contribution in [3.05, 3.63) is 0 Å². The first-order valence-corrected chi connectivity index (χ1v) is 8.43. The summed E-state index contributed by atoms with van der Waals surface area (Å²) in [5.74, 6) is 0.487. The molecule has 0 aliphatic carbocycles. The van der Waals surface area contributed by atoms with Crippen LogP contribution >= 0.6 is 0 Å². The second kappa shape index (κ2) is 7.43. The van der Waals surface area contributed by atoms with E-state index in [2.05, 4.69) is 5.32 Å². The molecule has 1 fully saturated rings. The second-order valence-electron chi connectivity index (χ2n) is 5.15. The van der Waals surface area contributed by atoms with E-state index in [4.69, 9.17) is 4.74 Å². The molecule has 6 heteroatoms. The van der Waals surface area contributed by atoms with Crippen LogP contribution in [-0.2, 0) is 14.8 Å². The predicted molar refractivity (Wildman–Crippen MR) is 73.1 cm³/mol. The molecule has 2 unspecified atom stereocenters. The number of ether oxygens (including phenoxy) is 1. The Labute approximate surface area is 111 Å². The molecule has 1 aliphatic rings. The quantitative estimate of drug-likeness (QED) is 0.744. The lowest BCUT2D eigenvalue weighted by molar-refractivity contribution is 0.158. The van der Waals surface area contributed by atoms with Gasteiger partial charge in [0.15, 0.2) is 0 Å². The van der Waals surface area contributed by atoms with E-state index >= 15 is 0 Å². The van der Waals surface area contributed by atoms with Crippen molar-refractivity contribution in [1.29, 1.82) is 0 Å². The zero-order chi connectivity index (χ0) is 13.6. The zero-order valence-electron chi connectivity index (χ0n) is 11.7. The van der Waals surface area contributed by atoms with Gasteiger partial charge in [-0.3, -0.25) is 0 Å². The topological polar surface area (TPSA) is 58.6 Å². The summed E-state index contributed by atoms with van der Waals surface area (Å²) in [6.45, 7) is 2.07. The highest BCUT2D eigenvalue weighted by Gasteiger charge is 2.26. The number of hydrogen-bond acceptors (Lipinski definition) is 4. The molecule has 0 aromatic carbocycles. The van der Waals surface area contributed by atoms with Gasteiger partial charge >= 0.3 is 0 Å². The molecule has 0 aromatic heterocycles. The summed E-state index contributed by atoms with van der Waals surface area (Å²) < 4.78 is 29.8. The minimum atomic E-state index is -3.02. The number of nitrogens with one attached hydrogen (secondary N) is 1. The van der Waals surface area contributed by atoms with Crippen molar-refractivity contribution in [1.82, 2.24) is 9.62 Å². The first kappa shape index (κ1) is 15.9. The Bertz CT molecular complexity index is 332. The van der Waals surface area contributed by atoms with Crippen LogP contribution in [-0.4, -0.2) is 58.9 Å². The van der Waals surface area contributed by atoms with E-state index in [9.17, 15) is 8.42 Å². The highest BCUT2D eigenvalue weighted by atomic mass is 32.2. The summed E-state index contributed by atoms with van der Waals surface area (Å²) in [7, 11) is 0.622. The molecule has 0 spiro atoms. The molecule has 5 nitrogen and oxygen atoms in total. The summed E-state index contributed by atoms with van der Waals surface area (Å²) in [5.41, 5.74) is 0. The molecule has 108 valence electrons. The molecule has 0 amide bonds. The summed E-state index contributed by atoms with van der Waals surface area (Å²) in [4.78, 5) is 0. The Morgan fingerprint density at radius 1 is 1.50 bits per heavy atom. The minimum Gasteiger partial charge on any atom is -0.383 e. The Hall–Kier alpha value is -0.170. The largest absolute Gasteiger partial charge is 0.383 e. The summed E-state index contributed by atoms with van der Waals surface area (Å²) in [5, 5.41) is 3.23. The molecule has 1 heterocycles. The van der Waals surface area contributed by atoms with Gasteiger partial charge in [0.05, 0.1) is 12.9 Å². The van der Waals surface area contributed by atoms with Gasteiger partial charge < -0.3 is 10.1 Å². The third-order valence-corrected chi connectivity index (χ3v) is 4.92. The van der Waals surface area contributed by atoms with Gasteiger partial charge in [0.25, 0.3) is 0 Å². The molecule has 1 aliphatic heterocycles.